The standard InChI is InChI=1S/C8H6FNO/c1-6-7(9)3-2-4-8(6)10-5-11/h2-4H,1H3. The van der Waals surface area contributed by atoms with Gasteiger partial charge in [-0.2, -0.15) is 4.99 Å². The van der Waals surface area contributed by atoms with Gasteiger partial charge >= 0.3 is 0 Å². The van der Waals surface area contributed by atoms with Crippen molar-refractivity contribution in [1.82, 2.24) is 0 Å². The number of benzene rings is 1. The number of halogens is 1. The molecule has 56 valence electrons. The maximum absolute atomic E-state index is 12.7. The van der Waals surface area contributed by atoms with E-state index in [9.17, 15) is 9.18 Å². The molecule has 0 atom stereocenters. The molecule has 0 fully saturated rings. The number of aliphatic imine (C=N–C) groups is 1. The lowest BCUT2D eigenvalue weighted by atomic mass is 10.2. The van der Waals surface area contributed by atoms with Crippen LogP contribution in [0.15, 0.2) is 23.2 Å². The third-order valence-electron chi connectivity index (χ3n) is 1.41. The Kier molecular flexibility index (Phi) is 2.14. The topological polar surface area (TPSA) is 29.4 Å². The Morgan fingerprint density at radius 3 is 2.91 bits per heavy atom. The number of isocyanates is 1. The molecular formula is C8H6FNO. The Morgan fingerprint density at radius 1 is 1.55 bits per heavy atom. The van der Waals surface area contributed by atoms with Crippen LogP contribution >= 0.6 is 0 Å². The average Bonchev–Trinajstić information content (AvgIpc) is 1.99. The van der Waals surface area contributed by atoms with E-state index in [0.29, 0.717) is 11.3 Å². The summed E-state index contributed by atoms with van der Waals surface area (Å²) in [5.74, 6) is -0.360. The Bertz CT molecular complexity index is 316. The molecule has 0 saturated carbocycles. The smallest absolute Gasteiger partial charge is 0.211 e. The molecule has 1 rings (SSSR count). The van der Waals surface area contributed by atoms with Crippen molar-refractivity contribution in [2.45, 2.75) is 6.92 Å². The molecule has 0 heterocycles. The van der Waals surface area contributed by atoms with Crippen LogP contribution in [0.3, 0.4) is 0 Å². The first-order valence-electron chi connectivity index (χ1n) is 3.08. The average molecular weight is 151 g/mol. The molecule has 1 aromatic carbocycles. The van der Waals surface area contributed by atoms with E-state index in [0.717, 1.165) is 0 Å². The summed E-state index contributed by atoms with van der Waals surface area (Å²) in [5.41, 5.74) is 0.704. The van der Waals surface area contributed by atoms with Gasteiger partial charge < -0.3 is 0 Å². The number of nitrogens with zero attached hydrogens (tertiary/aromatic N) is 1. The summed E-state index contributed by atoms with van der Waals surface area (Å²) in [4.78, 5) is 13.1. The van der Waals surface area contributed by atoms with Gasteiger partial charge in [0.15, 0.2) is 0 Å². The SMILES string of the molecule is Cc1c(F)cccc1N=C=O. The molecule has 0 bridgehead atoms. The highest BCUT2D eigenvalue weighted by molar-refractivity contribution is 5.53. The summed E-state index contributed by atoms with van der Waals surface area (Å²) < 4.78 is 12.7. The van der Waals surface area contributed by atoms with Gasteiger partial charge in [0.2, 0.25) is 6.08 Å². The maximum Gasteiger partial charge on any atom is 0.240 e. The molecular weight excluding hydrogens is 145 g/mol. The number of carbonyl (C=O) groups excluding carboxylic acids is 1. The van der Waals surface area contributed by atoms with E-state index in [1.807, 2.05) is 0 Å². The van der Waals surface area contributed by atoms with Gasteiger partial charge in [-0.3, -0.25) is 0 Å². The van der Waals surface area contributed by atoms with E-state index in [4.69, 9.17) is 0 Å². The third kappa shape index (κ3) is 1.51. The minimum atomic E-state index is -0.360. The van der Waals surface area contributed by atoms with Gasteiger partial charge in [0.05, 0.1) is 5.69 Å². The fraction of sp³-hybridized carbons (Fsp3) is 0.125. The lowest BCUT2D eigenvalue weighted by molar-refractivity contribution is 0.565. The second-order valence-electron chi connectivity index (χ2n) is 2.09. The molecule has 0 aliphatic carbocycles. The molecule has 0 unspecified atom stereocenters. The van der Waals surface area contributed by atoms with Crippen LogP contribution in [0.2, 0.25) is 0 Å². The highest BCUT2D eigenvalue weighted by Crippen LogP contribution is 2.19. The summed E-state index contributed by atoms with van der Waals surface area (Å²) >= 11 is 0. The van der Waals surface area contributed by atoms with Crippen LogP contribution in [-0.2, 0) is 4.79 Å². The van der Waals surface area contributed by atoms with Crippen molar-refractivity contribution < 1.29 is 9.18 Å². The van der Waals surface area contributed by atoms with E-state index in [1.54, 1.807) is 13.0 Å². The molecule has 2 nitrogen and oxygen atoms in total. The summed E-state index contributed by atoms with van der Waals surface area (Å²) in [6.07, 6.45) is 1.36. The molecule has 1 aromatic rings. The highest BCUT2D eigenvalue weighted by Gasteiger charge is 2.00. The van der Waals surface area contributed by atoms with Gasteiger partial charge in [-0.1, -0.05) is 6.07 Å². The van der Waals surface area contributed by atoms with Crippen molar-refractivity contribution in [3.63, 3.8) is 0 Å². The highest BCUT2D eigenvalue weighted by atomic mass is 19.1. The zero-order valence-electron chi connectivity index (χ0n) is 5.97. The van der Waals surface area contributed by atoms with E-state index in [2.05, 4.69) is 4.99 Å². The first-order chi connectivity index (χ1) is 5.25. The molecule has 11 heavy (non-hydrogen) atoms. The molecule has 0 radical (unpaired) electrons. The van der Waals surface area contributed by atoms with Crippen molar-refractivity contribution >= 4 is 11.8 Å². The molecule has 0 aliphatic heterocycles. The fourth-order valence-corrected chi connectivity index (χ4v) is 0.766. The largest absolute Gasteiger partial charge is 0.240 e. The van der Waals surface area contributed by atoms with Gasteiger partial charge in [-0.05, 0) is 19.1 Å². The van der Waals surface area contributed by atoms with Gasteiger partial charge in [0.1, 0.15) is 5.82 Å². The second kappa shape index (κ2) is 3.08. The lowest BCUT2D eigenvalue weighted by Crippen LogP contribution is -1.80. The summed E-state index contributed by atoms with van der Waals surface area (Å²) in [6.45, 7) is 1.56. The fourth-order valence-electron chi connectivity index (χ4n) is 0.766. The molecule has 0 aromatic heterocycles. The van der Waals surface area contributed by atoms with Gasteiger partial charge in [-0.15, -0.1) is 0 Å². The molecule has 3 heteroatoms. The van der Waals surface area contributed by atoms with Crippen molar-refractivity contribution in [1.29, 1.82) is 0 Å². The second-order valence-corrected chi connectivity index (χ2v) is 2.09. The molecule has 0 aliphatic rings. The monoisotopic (exact) mass is 151 g/mol. The number of hydrogen-bond acceptors (Lipinski definition) is 2. The normalized spacial score (nSPS) is 8.91. The van der Waals surface area contributed by atoms with Crippen LogP contribution < -0.4 is 0 Å². The molecule has 0 N–H and O–H groups in total. The van der Waals surface area contributed by atoms with Crippen molar-refractivity contribution in [2.75, 3.05) is 0 Å². The Hall–Kier alpha value is -1.47. The first kappa shape index (κ1) is 7.63. The van der Waals surface area contributed by atoms with E-state index < -0.39 is 0 Å². The summed E-state index contributed by atoms with van der Waals surface area (Å²) in [6, 6.07) is 4.38. The quantitative estimate of drug-likeness (QED) is 0.446. The summed E-state index contributed by atoms with van der Waals surface area (Å²) in [7, 11) is 0. The van der Waals surface area contributed by atoms with Crippen molar-refractivity contribution in [3.8, 4) is 0 Å². The zero-order chi connectivity index (χ0) is 8.27. The zero-order valence-corrected chi connectivity index (χ0v) is 5.97. The Labute approximate surface area is 63.4 Å². The van der Waals surface area contributed by atoms with Crippen LogP contribution in [0, 0.1) is 12.7 Å². The number of rotatable bonds is 1. The van der Waals surface area contributed by atoms with Crippen LogP contribution in [0.5, 0.6) is 0 Å². The molecule has 0 spiro atoms. The van der Waals surface area contributed by atoms with Crippen LogP contribution in [0.1, 0.15) is 5.56 Å². The minimum Gasteiger partial charge on any atom is -0.211 e. The first-order valence-corrected chi connectivity index (χ1v) is 3.08. The van der Waals surface area contributed by atoms with E-state index in [1.165, 1.54) is 18.2 Å². The molecule has 0 amide bonds. The third-order valence-corrected chi connectivity index (χ3v) is 1.41. The van der Waals surface area contributed by atoms with Crippen molar-refractivity contribution in [2.24, 2.45) is 4.99 Å². The van der Waals surface area contributed by atoms with Crippen LogP contribution in [-0.4, -0.2) is 6.08 Å². The van der Waals surface area contributed by atoms with E-state index >= 15 is 0 Å². The Balaban J connectivity index is 3.26. The molecule has 0 saturated heterocycles. The summed E-state index contributed by atoms with van der Waals surface area (Å²) in [5, 5.41) is 0. The van der Waals surface area contributed by atoms with Crippen LogP contribution in [0.4, 0.5) is 10.1 Å². The predicted molar refractivity (Wildman–Crippen MR) is 38.9 cm³/mol. The van der Waals surface area contributed by atoms with Gasteiger partial charge in [0.25, 0.3) is 0 Å². The van der Waals surface area contributed by atoms with Gasteiger partial charge in [-0.25, -0.2) is 9.18 Å². The van der Waals surface area contributed by atoms with Crippen LogP contribution in [0.25, 0.3) is 0 Å². The minimum absolute atomic E-state index is 0.333. The van der Waals surface area contributed by atoms with E-state index in [-0.39, 0.29) is 5.82 Å². The lowest BCUT2D eigenvalue weighted by Gasteiger charge is -1.96. The van der Waals surface area contributed by atoms with Gasteiger partial charge in [0, 0.05) is 5.56 Å². The number of hydrogen-bond donors (Lipinski definition) is 0. The maximum atomic E-state index is 12.7. The van der Waals surface area contributed by atoms with Crippen molar-refractivity contribution in [3.05, 3.63) is 29.6 Å². The predicted octanol–water partition coefficient (Wildman–Crippen LogP) is 2.10. The Morgan fingerprint density at radius 2 is 2.27 bits per heavy atom.